The maximum atomic E-state index is 9.45. The first-order valence-corrected chi connectivity index (χ1v) is 5.89. The quantitative estimate of drug-likeness (QED) is 0.710. The van der Waals surface area contributed by atoms with Crippen LogP contribution < -0.4 is 0 Å². The molecule has 1 atom stereocenters. The molecule has 1 saturated heterocycles. The lowest BCUT2D eigenvalue weighted by Gasteiger charge is -2.34. The summed E-state index contributed by atoms with van der Waals surface area (Å²) in [6, 6.07) is 0. The minimum atomic E-state index is -0.0980. The molecule has 14 heavy (non-hydrogen) atoms. The number of nitrogens with zero attached hydrogens (tertiary/aromatic N) is 2. The maximum absolute atomic E-state index is 9.45. The van der Waals surface area contributed by atoms with Crippen molar-refractivity contribution in [3.05, 3.63) is 0 Å². The summed E-state index contributed by atoms with van der Waals surface area (Å²) < 4.78 is 0. The topological polar surface area (TPSA) is 26.7 Å². The third-order valence-electron chi connectivity index (χ3n) is 3.16. The van der Waals surface area contributed by atoms with Crippen LogP contribution in [-0.2, 0) is 0 Å². The minimum Gasteiger partial charge on any atom is -0.393 e. The van der Waals surface area contributed by atoms with Crippen molar-refractivity contribution in [2.75, 3.05) is 39.3 Å². The summed E-state index contributed by atoms with van der Waals surface area (Å²) in [4.78, 5) is 4.94. The van der Waals surface area contributed by atoms with E-state index in [-0.39, 0.29) is 6.10 Å². The van der Waals surface area contributed by atoms with E-state index in [1.165, 1.54) is 32.7 Å². The van der Waals surface area contributed by atoms with Crippen LogP contribution in [-0.4, -0.2) is 60.3 Å². The van der Waals surface area contributed by atoms with Gasteiger partial charge in [0.15, 0.2) is 0 Å². The molecule has 3 heteroatoms. The van der Waals surface area contributed by atoms with Crippen molar-refractivity contribution in [2.45, 2.75) is 32.8 Å². The van der Waals surface area contributed by atoms with E-state index in [0.29, 0.717) is 0 Å². The van der Waals surface area contributed by atoms with Gasteiger partial charge in [0.2, 0.25) is 0 Å². The van der Waals surface area contributed by atoms with Crippen molar-refractivity contribution in [2.24, 2.45) is 0 Å². The van der Waals surface area contributed by atoms with Crippen LogP contribution in [0.3, 0.4) is 0 Å². The van der Waals surface area contributed by atoms with Crippen molar-refractivity contribution in [3.63, 3.8) is 0 Å². The van der Waals surface area contributed by atoms with Crippen LogP contribution in [0.1, 0.15) is 26.7 Å². The monoisotopic (exact) mass is 200 g/mol. The predicted molar refractivity (Wildman–Crippen MR) is 59.5 cm³/mol. The summed E-state index contributed by atoms with van der Waals surface area (Å²) in [5, 5.41) is 9.45. The molecule has 0 aliphatic carbocycles. The Morgan fingerprint density at radius 3 is 2.14 bits per heavy atom. The van der Waals surface area contributed by atoms with Gasteiger partial charge in [0.1, 0.15) is 0 Å². The van der Waals surface area contributed by atoms with Crippen LogP contribution in [0, 0.1) is 0 Å². The Balaban J connectivity index is 2.10. The Bertz CT molecular complexity index is 144. The van der Waals surface area contributed by atoms with E-state index in [0.717, 1.165) is 19.4 Å². The molecule has 1 aliphatic rings. The molecule has 1 N–H and O–H groups in total. The Morgan fingerprint density at radius 2 is 1.64 bits per heavy atom. The molecular weight excluding hydrogens is 176 g/mol. The van der Waals surface area contributed by atoms with Crippen LogP contribution in [0.25, 0.3) is 0 Å². The molecule has 0 amide bonds. The summed E-state index contributed by atoms with van der Waals surface area (Å²) in [5.41, 5.74) is 0. The Kier molecular flexibility index (Phi) is 5.45. The third-order valence-corrected chi connectivity index (χ3v) is 3.16. The second-order valence-electron chi connectivity index (χ2n) is 4.13. The lowest BCUT2D eigenvalue weighted by molar-refractivity contribution is 0.103. The molecule has 0 bridgehead atoms. The van der Waals surface area contributed by atoms with Gasteiger partial charge in [-0.05, 0) is 19.4 Å². The predicted octanol–water partition coefficient (Wildman–Crippen LogP) is 0.785. The number of aliphatic hydroxyl groups excluding tert-OH is 1. The highest BCUT2D eigenvalue weighted by Gasteiger charge is 2.15. The number of aliphatic hydroxyl groups is 1. The largest absolute Gasteiger partial charge is 0.393 e. The fourth-order valence-electron chi connectivity index (χ4n) is 1.86. The second-order valence-corrected chi connectivity index (χ2v) is 4.13. The van der Waals surface area contributed by atoms with Gasteiger partial charge in [0.05, 0.1) is 6.10 Å². The Hall–Kier alpha value is -0.120. The first-order chi connectivity index (χ1) is 6.76. The van der Waals surface area contributed by atoms with Gasteiger partial charge in [-0.15, -0.1) is 0 Å². The fraction of sp³-hybridized carbons (Fsp3) is 1.00. The van der Waals surface area contributed by atoms with Crippen LogP contribution in [0.4, 0.5) is 0 Å². The zero-order chi connectivity index (χ0) is 10.4. The maximum Gasteiger partial charge on any atom is 0.0549 e. The average molecular weight is 200 g/mol. The van der Waals surface area contributed by atoms with Crippen LogP contribution in [0.5, 0.6) is 0 Å². The van der Waals surface area contributed by atoms with E-state index in [2.05, 4.69) is 16.7 Å². The van der Waals surface area contributed by atoms with Gasteiger partial charge in [0, 0.05) is 32.7 Å². The molecule has 0 radical (unpaired) electrons. The van der Waals surface area contributed by atoms with Crippen molar-refractivity contribution >= 4 is 0 Å². The molecule has 1 rings (SSSR count). The van der Waals surface area contributed by atoms with E-state index in [1.54, 1.807) is 0 Å². The number of likely N-dealkylation sites (N-methyl/N-ethyl adjacent to an activating group) is 1. The molecule has 0 aromatic heterocycles. The van der Waals surface area contributed by atoms with Gasteiger partial charge in [-0.3, -0.25) is 0 Å². The third kappa shape index (κ3) is 3.95. The summed E-state index contributed by atoms with van der Waals surface area (Å²) in [6.45, 7) is 11.2. The molecule has 1 unspecified atom stereocenters. The second kappa shape index (κ2) is 6.38. The smallest absolute Gasteiger partial charge is 0.0549 e. The molecule has 0 spiro atoms. The van der Waals surface area contributed by atoms with E-state index in [4.69, 9.17) is 0 Å². The molecule has 0 aromatic rings. The molecule has 1 aliphatic heterocycles. The fourth-order valence-corrected chi connectivity index (χ4v) is 1.86. The molecular formula is C11H24N2O. The molecule has 1 heterocycles. The Morgan fingerprint density at radius 1 is 1.07 bits per heavy atom. The molecule has 0 aromatic carbocycles. The van der Waals surface area contributed by atoms with Crippen molar-refractivity contribution < 1.29 is 5.11 Å². The molecule has 3 nitrogen and oxygen atoms in total. The lowest BCUT2D eigenvalue weighted by atomic mass is 10.2. The molecule has 84 valence electrons. The van der Waals surface area contributed by atoms with Crippen LogP contribution in [0.2, 0.25) is 0 Å². The number of hydrogen-bond donors (Lipinski definition) is 1. The Labute approximate surface area is 87.7 Å². The standard InChI is InChI=1S/C11H24N2O/c1-3-11(14)5-6-13-9-7-12(4-2)8-10-13/h11,14H,3-10H2,1-2H3. The van der Waals surface area contributed by atoms with E-state index >= 15 is 0 Å². The van der Waals surface area contributed by atoms with E-state index < -0.39 is 0 Å². The number of piperazine rings is 1. The summed E-state index contributed by atoms with van der Waals surface area (Å²) in [5.74, 6) is 0. The summed E-state index contributed by atoms with van der Waals surface area (Å²) >= 11 is 0. The number of hydrogen-bond acceptors (Lipinski definition) is 3. The van der Waals surface area contributed by atoms with Gasteiger partial charge in [-0.2, -0.15) is 0 Å². The minimum absolute atomic E-state index is 0.0980. The average Bonchev–Trinajstić information content (AvgIpc) is 2.26. The van der Waals surface area contributed by atoms with Crippen LogP contribution in [0.15, 0.2) is 0 Å². The van der Waals surface area contributed by atoms with E-state index in [9.17, 15) is 5.11 Å². The van der Waals surface area contributed by atoms with E-state index in [1.807, 2.05) is 6.92 Å². The van der Waals surface area contributed by atoms with Gasteiger partial charge in [0.25, 0.3) is 0 Å². The number of rotatable bonds is 5. The highest BCUT2D eigenvalue weighted by Crippen LogP contribution is 2.04. The normalized spacial score (nSPS) is 22.5. The SMILES string of the molecule is CCC(O)CCN1CCN(CC)CC1. The molecule has 0 saturated carbocycles. The van der Waals surface area contributed by atoms with Crippen molar-refractivity contribution in [1.82, 2.24) is 9.80 Å². The molecule has 1 fully saturated rings. The first-order valence-electron chi connectivity index (χ1n) is 5.89. The highest BCUT2D eigenvalue weighted by atomic mass is 16.3. The van der Waals surface area contributed by atoms with Gasteiger partial charge < -0.3 is 14.9 Å². The summed E-state index contributed by atoms with van der Waals surface area (Å²) in [6.07, 6.45) is 1.72. The zero-order valence-corrected chi connectivity index (χ0v) is 9.58. The van der Waals surface area contributed by atoms with Gasteiger partial charge in [-0.1, -0.05) is 13.8 Å². The highest BCUT2D eigenvalue weighted by molar-refractivity contribution is 4.71. The van der Waals surface area contributed by atoms with Gasteiger partial charge >= 0.3 is 0 Å². The zero-order valence-electron chi connectivity index (χ0n) is 9.58. The van der Waals surface area contributed by atoms with Crippen molar-refractivity contribution in [3.8, 4) is 0 Å². The van der Waals surface area contributed by atoms with Crippen molar-refractivity contribution in [1.29, 1.82) is 0 Å². The van der Waals surface area contributed by atoms with Gasteiger partial charge in [-0.25, -0.2) is 0 Å². The lowest BCUT2D eigenvalue weighted by Crippen LogP contribution is -2.46. The first kappa shape index (κ1) is 12.0. The van der Waals surface area contributed by atoms with Crippen LogP contribution >= 0.6 is 0 Å². The summed E-state index contributed by atoms with van der Waals surface area (Å²) in [7, 11) is 0.